The number of amides is 1. The third-order valence-electron chi connectivity index (χ3n) is 3.90. The summed E-state index contributed by atoms with van der Waals surface area (Å²) in [5.41, 5.74) is 6.56. The number of anilines is 1. The molecule has 0 radical (unpaired) electrons. The summed E-state index contributed by atoms with van der Waals surface area (Å²) in [5.74, 6) is -0.314. The Morgan fingerprint density at radius 1 is 1.15 bits per heavy atom. The van der Waals surface area contributed by atoms with Gasteiger partial charge in [0.15, 0.2) is 0 Å². The topological polar surface area (TPSA) is 92.5 Å². The molecule has 0 saturated carbocycles. The van der Waals surface area contributed by atoms with Crippen molar-refractivity contribution in [2.75, 3.05) is 17.4 Å². The largest absolute Gasteiger partial charge is 0.352 e. The Morgan fingerprint density at radius 2 is 1.85 bits per heavy atom. The first-order valence-corrected chi connectivity index (χ1v) is 10.0. The highest BCUT2D eigenvalue weighted by Gasteiger charge is 2.24. The van der Waals surface area contributed by atoms with Gasteiger partial charge in [0.1, 0.15) is 0 Å². The maximum Gasteiger partial charge on any atom is 0.264 e. The Labute approximate surface area is 155 Å². The summed E-state index contributed by atoms with van der Waals surface area (Å²) in [4.78, 5) is 12.3. The second-order valence-electron chi connectivity index (χ2n) is 6.06. The summed E-state index contributed by atoms with van der Waals surface area (Å²) < 4.78 is 27.4. The molecule has 2 aromatic rings. The molecule has 0 saturated heterocycles. The zero-order valence-electron chi connectivity index (χ0n) is 15.1. The minimum atomic E-state index is -3.76. The Morgan fingerprint density at radius 3 is 2.46 bits per heavy atom. The molecule has 0 fully saturated rings. The lowest BCUT2D eigenvalue weighted by Crippen LogP contribution is -2.31. The Bertz CT molecular complexity index is 836. The third-order valence-corrected chi connectivity index (χ3v) is 5.80. The van der Waals surface area contributed by atoms with E-state index in [0.29, 0.717) is 24.2 Å². The summed E-state index contributed by atoms with van der Waals surface area (Å²) in [7, 11) is -3.76. The van der Waals surface area contributed by atoms with E-state index in [0.717, 1.165) is 0 Å². The van der Waals surface area contributed by atoms with E-state index in [1.165, 1.54) is 16.4 Å². The highest BCUT2D eigenvalue weighted by Crippen LogP contribution is 2.23. The fourth-order valence-electron chi connectivity index (χ4n) is 2.53. The van der Waals surface area contributed by atoms with Crippen LogP contribution < -0.4 is 15.4 Å². The molecule has 0 heterocycles. The molecule has 1 amide bonds. The van der Waals surface area contributed by atoms with E-state index in [-0.39, 0.29) is 23.4 Å². The van der Waals surface area contributed by atoms with Crippen LogP contribution in [-0.4, -0.2) is 33.5 Å². The van der Waals surface area contributed by atoms with Gasteiger partial charge in [-0.05, 0) is 50.6 Å². The Hall–Kier alpha value is -2.38. The number of benzene rings is 2. The first-order valence-electron chi connectivity index (χ1n) is 8.58. The van der Waals surface area contributed by atoms with Crippen molar-refractivity contribution in [3.05, 3.63) is 60.2 Å². The lowest BCUT2D eigenvalue weighted by molar-refractivity contribution is 0.0952. The number of nitrogens with two attached hydrogens (primary N) is 1. The van der Waals surface area contributed by atoms with Gasteiger partial charge in [0.25, 0.3) is 15.9 Å². The van der Waals surface area contributed by atoms with Crippen molar-refractivity contribution in [2.24, 2.45) is 5.73 Å². The van der Waals surface area contributed by atoms with Crippen LogP contribution in [0.15, 0.2) is 59.5 Å². The van der Waals surface area contributed by atoms with Gasteiger partial charge in [-0.3, -0.25) is 9.10 Å². The van der Waals surface area contributed by atoms with Crippen molar-refractivity contribution < 1.29 is 13.2 Å². The van der Waals surface area contributed by atoms with E-state index < -0.39 is 10.0 Å². The SMILES string of the molecule is CCN(c1ccccc1)S(=O)(=O)c1cccc(C(=O)NCCC(C)N)c1. The minimum Gasteiger partial charge on any atom is -0.352 e. The average molecular weight is 375 g/mol. The van der Waals surface area contributed by atoms with Crippen molar-refractivity contribution in [1.82, 2.24) is 5.32 Å². The van der Waals surface area contributed by atoms with Gasteiger partial charge in [-0.1, -0.05) is 24.3 Å². The van der Waals surface area contributed by atoms with Gasteiger partial charge in [0.2, 0.25) is 0 Å². The number of carbonyl (C=O) groups excluding carboxylic acids is 1. The Kier molecular flexibility index (Phi) is 6.76. The van der Waals surface area contributed by atoms with Crippen molar-refractivity contribution in [1.29, 1.82) is 0 Å². The standard InChI is InChI=1S/C19H25N3O3S/c1-3-22(17-9-5-4-6-10-17)26(24,25)18-11-7-8-16(14-18)19(23)21-13-12-15(2)20/h4-11,14-15H,3,12-13,20H2,1-2H3,(H,21,23). The molecular formula is C19H25N3O3S. The minimum absolute atomic E-state index is 0.00834. The molecule has 0 aliphatic carbocycles. The molecule has 0 aliphatic heterocycles. The second-order valence-corrected chi connectivity index (χ2v) is 7.92. The van der Waals surface area contributed by atoms with Gasteiger partial charge >= 0.3 is 0 Å². The quantitative estimate of drug-likeness (QED) is 0.741. The lowest BCUT2D eigenvalue weighted by atomic mass is 10.2. The zero-order valence-corrected chi connectivity index (χ0v) is 15.9. The summed E-state index contributed by atoms with van der Waals surface area (Å²) in [5, 5.41) is 2.76. The molecule has 7 heteroatoms. The number of rotatable bonds is 8. The summed E-state index contributed by atoms with van der Waals surface area (Å²) in [6, 6.07) is 15.0. The molecule has 140 valence electrons. The average Bonchev–Trinajstić information content (AvgIpc) is 2.62. The summed E-state index contributed by atoms with van der Waals surface area (Å²) >= 11 is 0. The number of hydrogen-bond acceptors (Lipinski definition) is 4. The fourth-order valence-corrected chi connectivity index (χ4v) is 4.05. The molecule has 1 atom stereocenters. The number of nitrogens with one attached hydrogen (secondary N) is 1. The molecule has 2 rings (SSSR count). The van der Waals surface area contributed by atoms with Crippen LogP contribution in [0.5, 0.6) is 0 Å². The van der Waals surface area contributed by atoms with Crippen LogP contribution in [0.25, 0.3) is 0 Å². The van der Waals surface area contributed by atoms with E-state index >= 15 is 0 Å². The number of para-hydroxylation sites is 1. The molecule has 1 unspecified atom stereocenters. The van der Waals surface area contributed by atoms with E-state index in [1.54, 1.807) is 43.3 Å². The molecule has 6 nitrogen and oxygen atoms in total. The van der Waals surface area contributed by atoms with Crippen LogP contribution in [0.1, 0.15) is 30.6 Å². The van der Waals surface area contributed by atoms with E-state index in [2.05, 4.69) is 5.32 Å². The van der Waals surface area contributed by atoms with E-state index in [1.807, 2.05) is 13.0 Å². The number of hydrogen-bond donors (Lipinski definition) is 2. The number of carbonyl (C=O) groups is 1. The molecule has 26 heavy (non-hydrogen) atoms. The number of sulfonamides is 1. The van der Waals surface area contributed by atoms with Crippen LogP contribution in [0.4, 0.5) is 5.69 Å². The van der Waals surface area contributed by atoms with Crippen molar-refractivity contribution >= 4 is 21.6 Å². The van der Waals surface area contributed by atoms with Gasteiger partial charge in [-0.2, -0.15) is 0 Å². The monoisotopic (exact) mass is 375 g/mol. The smallest absolute Gasteiger partial charge is 0.264 e. The lowest BCUT2D eigenvalue weighted by Gasteiger charge is -2.23. The molecule has 2 aromatic carbocycles. The Balaban J connectivity index is 2.26. The molecule has 0 spiro atoms. The summed E-state index contributed by atoms with van der Waals surface area (Å²) in [6.45, 7) is 4.37. The van der Waals surface area contributed by atoms with Crippen LogP contribution in [0, 0.1) is 0 Å². The second kappa shape index (κ2) is 8.82. The fraction of sp³-hybridized carbons (Fsp3) is 0.316. The number of nitrogens with zero attached hydrogens (tertiary/aromatic N) is 1. The normalized spacial score (nSPS) is 12.4. The molecule has 0 aliphatic rings. The molecule has 0 bridgehead atoms. The van der Waals surface area contributed by atoms with Crippen molar-refractivity contribution in [2.45, 2.75) is 31.2 Å². The van der Waals surface area contributed by atoms with Gasteiger partial charge in [-0.15, -0.1) is 0 Å². The van der Waals surface area contributed by atoms with Gasteiger partial charge < -0.3 is 11.1 Å². The van der Waals surface area contributed by atoms with Gasteiger partial charge in [0.05, 0.1) is 10.6 Å². The highest BCUT2D eigenvalue weighted by atomic mass is 32.2. The zero-order chi connectivity index (χ0) is 19.2. The van der Waals surface area contributed by atoms with Crippen LogP contribution in [0.3, 0.4) is 0 Å². The van der Waals surface area contributed by atoms with Crippen LogP contribution >= 0.6 is 0 Å². The van der Waals surface area contributed by atoms with E-state index in [9.17, 15) is 13.2 Å². The molecule has 3 N–H and O–H groups in total. The van der Waals surface area contributed by atoms with Gasteiger partial charge in [0, 0.05) is 24.7 Å². The third kappa shape index (κ3) is 4.83. The summed E-state index contributed by atoms with van der Waals surface area (Å²) in [6.07, 6.45) is 0.654. The predicted molar refractivity (Wildman–Crippen MR) is 104 cm³/mol. The van der Waals surface area contributed by atoms with Gasteiger partial charge in [-0.25, -0.2) is 8.42 Å². The van der Waals surface area contributed by atoms with E-state index in [4.69, 9.17) is 5.73 Å². The van der Waals surface area contributed by atoms with Crippen molar-refractivity contribution in [3.8, 4) is 0 Å². The van der Waals surface area contributed by atoms with Crippen LogP contribution in [0.2, 0.25) is 0 Å². The highest BCUT2D eigenvalue weighted by molar-refractivity contribution is 7.92. The predicted octanol–water partition coefficient (Wildman–Crippen LogP) is 2.37. The molecule has 0 aromatic heterocycles. The molecular weight excluding hydrogens is 350 g/mol. The van der Waals surface area contributed by atoms with Crippen molar-refractivity contribution in [3.63, 3.8) is 0 Å². The maximum atomic E-state index is 13.0. The first-order chi connectivity index (χ1) is 12.4. The van der Waals surface area contributed by atoms with Crippen LogP contribution in [-0.2, 0) is 10.0 Å². The first kappa shape index (κ1) is 19.9. The maximum absolute atomic E-state index is 13.0.